The van der Waals surface area contributed by atoms with Gasteiger partial charge < -0.3 is 15.0 Å². The van der Waals surface area contributed by atoms with E-state index in [1.165, 1.54) is 10.6 Å². The molecule has 0 saturated carbocycles. The van der Waals surface area contributed by atoms with Crippen molar-refractivity contribution in [2.45, 2.75) is 47.1 Å². The number of hydrogen-bond acceptors (Lipinski definition) is 5. The van der Waals surface area contributed by atoms with Gasteiger partial charge in [-0.3, -0.25) is 0 Å². The Bertz CT molecular complexity index is 424. The Morgan fingerprint density at radius 3 is 2.52 bits per heavy atom. The standard InChI is InChI=1S/C16H31N3OS/c1-12(2)14-13(10-17-8-9-20-7)21-15(18-14)19(6)11-16(3,4)5/h12,17H,8-11H2,1-7H3. The van der Waals surface area contributed by atoms with Gasteiger partial charge in [0.25, 0.3) is 0 Å². The highest BCUT2D eigenvalue weighted by Gasteiger charge is 2.19. The van der Waals surface area contributed by atoms with Crippen LogP contribution in [0.3, 0.4) is 0 Å². The number of methoxy groups -OCH3 is 1. The normalized spacial score (nSPS) is 12.2. The highest BCUT2D eigenvalue weighted by atomic mass is 32.1. The van der Waals surface area contributed by atoms with E-state index in [2.05, 4.69) is 51.9 Å². The minimum atomic E-state index is 0.273. The zero-order chi connectivity index (χ0) is 16.0. The van der Waals surface area contributed by atoms with Crippen LogP contribution in [0.25, 0.3) is 0 Å². The Hall–Kier alpha value is -0.650. The molecule has 0 aromatic carbocycles. The fraction of sp³-hybridized carbons (Fsp3) is 0.812. The highest BCUT2D eigenvalue weighted by molar-refractivity contribution is 7.15. The van der Waals surface area contributed by atoms with Crippen molar-refractivity contribution in [2.75, 3.05) is 38.8 Å². The molecule has 0 amide bonds. The van der Waals surface area contributed by atoms with Crippen LogP contribution in [0, 0.1) is 5.41 Å². The number of nitrogens with one attached hydrogen (secondary N) is 1. The van der Waals surface area contributed by atoms with E-state index in [0.717, 1.165) is 31.4 Å². The molecular weight excluding hydrogens is 282 g/mol. The summed E-state index contributed by atoms with van der Waals surface area (Å²) < 4.78 is 5.07. The van der Waals surface area contributed by atoms with Gasteiger partial charge in [-0.05, 0) is 11.3 Å². The zero-order valence-electron chi connectivity index (χ0n) is 14.6. The molecule has 1 rings (SSSR count). The molecule has 1 aromatic heterocycles. The van der Waals surface area contributed by atoms with E-state index < -0.39 is 0 Å². The van der Waals surface area contributed by atoms with E-state index in [0.29, 0.717) is 5.92 Å². The Labute approximate surface area is 133 Å². The van der Waals surface area contributed by atoms with Gasteiger partial charge in [-0.25, -0.2) is 4.98 Å². The molecule has 21 heavy (non-hydrogen) atoms. The van der Waals surface area contributed by atoms with Crippen LogP contribution in [0.15, 0.2) is 0 Å². The van der Waals surface area contributed by atoms with Gasteiger partial charge in [0.05, 0.1) is 12.3 Å². The monoisotopic (exact) mass is 313 g/mol. The minimum absolute atomic E-state index is 0.273. The number of rotatable bonds is 8. The lowest BCUT2D eigenvalue weighted by Gasteiger charge is -2.26. The number of aromatic nitrogens is 1. The third-order valence-corrected chi connectivity index (χ3v) is 4.26. The van der Waals surface area contributed by atoms with Crippen molar-refractivity contribution < 1.29 is 4.74 Å². The van der Waals surface area contributed by atoms with E-state index in [4.69, 9.17) is 9.72 Å². The van der Waals surface area contributed by atoms with Crippen molar-refractivity contribution in [1.82, 2.24) is 10.3 Å². The van der Waals surface area contributed by atoms with Crippen molar-refractivity contribution >= 4 is 16.5 Å². The third kappa shape index (κ3) is 6.32. The molecule has 0 bridgehead atoms. The van der Waals surface area contributed by atoms with E-state index in [9.17, 15) is 0 Å². The first-order valence-electron chi connectivity index (χ1n) is 7.65. The quantitative estimate of drug-likeness (QED) is 0.746. The van der Waals surface area contributed by atoms with Crippen molar-refractivity contribution in [3.63, 3.8) is 0 Å². The van der Waals surface area contributed by atoms with Crippen LogP contribution in [0.1, 0.15) is 51.1 Å². The maximum absolute atomic E-state index is 5.07. The Balaban J connectivity index is 2.78. The first-order valence-corrected chi connectivity index (χ1v) is 8.46. The second-order valence-electron chi connectivity index (χ2n) is 7.05. The Morgan fingerprint density at radius 2 is 2.00 bits per heavy atom. The summed E-state index contributed by atoms with van der Waals surface area (Å²) in [6, 6.07) is 0. The summed E-state index contributed by atoms with van der Waals surface area (Å²) in [6.07, 6.45) is 0. The van der Waals surface area contributed by atoms with Gasteiger partial charge in [-0.15, -0.1) is 11.3 Å². The Kier molecular flexibility index (Phi) is 7.10. The van der Waals surface area contributed by atoms with Gasteiger partial charge >= 0.3 is 0 Å². The zero-order valence-corrected chi connectivity index (χ0v) is 15.4. The van der Waals surface area contributed by atoms with Crippen LogP contribution in [-0.4, -0.2) is 38.8 Å². The molecule has 0 atom stereocenters. The molecule has 0 aliphatic carbocycles. The summed E-state index contributed by atoms with van der Waals surface area (Å²) >= 11 is 1.81. The molecule has 4 nitrogen and oxygen atoms in total. The van der Waals surface area contributed by atoms with E-state index >= 15 is 0 Å². The summed E-state index contributed by atoms with van der Waals surface area (Å²) in [5.41, 5.74) is 1.50. The van der Waals surface area contributed by atoms with Crippen LogP contribution < -0.4 is 10.2 Å². The molecule has 5 heteroatoms. The van der Waals surface area contributed by atoms with Crippen molar-refractivity contribution in [3.05, 3.63) is 10.6 Å². The van der Waals surface area contributed by atoms with Gasteiger partial charge in [-0.1, -0.05) is 34.6 Å². The molecule has 0 aliphatic rings. The number of anilines is 1. The largest absolute Gasteiger partial charge is 0.383 e. The summed E-state index contributed by atoms with van der Waals surface area (Å²) in [7, 11) is 3.86. The lowest BCUT2D eigenvalue weighted by molar-refractivity contribution is 0.199. The SMILES string of the molecule is COCCNCc1sc(N(C)CC(C)(C)C)nc1C(C)C. The third-order valence-electron chi connectivity index (χ3n) is 3.07. The van der Waals surface area contributed by atoms with E-state index in [-0.39, 0.29) is 5.41 Å². The van der Waals surface area contributed by atoms with Crippen LogP contribution in [-0.2, 0) is 11.3 Å². The summed E-state index contributed by atoms with van der Waals surface area (Å²) in [6.45, 7) is 14.7. The molecule has 1 N–H and O–H groups in total. The molecule has 0 saturated heterocycles. The summed E-state index contributed by atoms with van der Waals surface area (Å²) in [5.74, 6) is 0.456. The molecule has 1 heterocycles. The van der Waals surface area contributed by atoms with Gasteiger partial charge in [0.1, 0.15) is 0 Å². The molecule has 0 radical (unpaired) electrons. The molecule has 1 aromatic rings. The maximum atomic E-state index is 5.07. The summed E-state index contributed by atoms with van der Waals surface area (Å²) in [4.78, 5) is 8.48. The molecule has 0 fully saturated rings. The molecule has 0 aliphatic heterocycles. The number of nitrogens with zero attached hydrogens (tertiary/aromatic N) is 2. The minimum Gasteiger partial charge on any atom is -0.383 e. The number of hydrogen-bond donors (Lipinski definition) is 1. The van der Waals surface area contributed by atoms with Crippen LogP contribution >= 0.6 is 11.3 Å². The number of ether oxygens (including phenoxy) is 1. The Morgan fingerprint density at radius 1 is 1.33 bits per heavy atom. The predicted molar refractivity (Wildman–Crippen MR) is 92.5 cm³/mol. The average Bonchev–Trinajstić information content (AvgIpc) is 2.77. The average molecular weight is 314 g/mol. The van der Waals surface area contributed by atoms with Gasteiger partial charge in [0, 0.05) is 38.7 Å². The van der Waals surface area contributed by atoms with Gasteiger partial charge in [0.2, 0.25) is 0 Å². The predicted octanol–water partition coefficient (Wildman–Crippen LogP) is 3.48. The molecular formula is C16H31N3OS. The first-order chi connectivity index (χ1) is 9.74. The van der Waals surface area contributed by atoms with Crippen LogP contribution in [0.4, 0.5) is 5.13 Å². The van der Waals surface area contributed by atoms with Crippen molar-refractivity contribution in [3.8, 4) is 0 Å². The first kappa shape index (κ1) is 18.4. The lowest BCUT2D eigenvalue weighted by atomic mass is 9.96. The van der Waals surface area contributed by atoms with E-state index in [1.807, 2.05) is 0 Å². The molecule has 122 valence electrons. The van der Waals surface area contributed by atoms with Gasteiger partial charge in [-0.2, -0.15) is 0 Å². The lowest BCUT2D eigenvalue weighted by Crippen LogP contribution is -2.28. The van der Waals surface area contributed by atoms with Crippen molar-refractivity contribution in [1.29, 1.82) is 0 Å². The fourth-order valence-corrected chi connectivity index (χ4v) is 3.39. The van der Waals surface area contributed by atoms with Crippen molar-refractivity contribution in [2.24, 2.45) is 5.41 Å². The molecule has 0 spiro atoms. The second-order valence-corrected chi connectivity index (χ2v) is 8.11. The second kappa shape index (κ2) is 8.11. The number of thiazole rings is 1. The van der Waals surface area contributed by atoms with E-state index in [1.54, 1.807) is 18.4 Å². The van der Waals surface area contributed by atoms with Crippen LogP contribution in [0.2, 0.25) is 0 Å². The van der Waals surface area contributed by atoms with Gasteiger partial charge in [0.15, 0.2) is 5.13 Å². The highest BCUT2D eigenvalue weighted by Crippen LogP contribution is 2.31. The summed E-state index contributed by atoms with van der Waals surface area (Å²) in [5, 5.41) is 4.55. The fourth-order valence-electron chi connectivity index (χ4n) is 2.25. The smallest absolute Gasteiger partial charge is 0.185 e. The topological polar surface area (TPSA) is 37.4 Å². The van der Waals surface area contributed by atoms with Crippen LogP contribution in [0.5, 0.6) is 0 Å². The molecule has 0 unspecified atom stereocenters. The maximum Gasteiger partial charge on any atom is 0.185 e.